The number of hydrogen-bond donors (Lipinski definition) is 0. The monoisotopic (exact) mass is 368 g/mol. The Morgan fingerprint density at radius 2 is 1.44 bits per heavy atom. The molecule has 0 aliphatic carbocycles. The van der Waals surface area contributed by atoms with Crippen LogP contribution in [-0.4, -0.2) is 25.6 Å². The first-order valence-corrected chi connectivity index (χ1v) is 9.51. The van der Waals surface area contributed by atoms with Crippen molar-refractivity contribution in [2.75, 3.05) is 19.8 Å². The quantitative estimate of drug-likeness (QED) is 0.419. The summed E-state index contributed by atoms with van der Waals surface area (Å²) in [5.41, 5.74) is 2.52. The van der Waals surface area contributed by atoms with Crippen LogP contribution in [0.4, 0.5) is 0 Å². The fraction of sp³-hybridized carbons (Fsp3) is 0.348. The summed E-state index contributed by atoms with van der Waals surface area (Å²) in [5.74, 6) is 1.67. The predicted octanol–water partition coefficient (Wildman–Crippen LogP) is 5.34. The highest BCUT2D eigenvalue weighted by Gasteiger charge is 2.17. The van der Waals surface area contributed by atoms with E-state index in [0.717, 1.165) is 17.7 Å². The molecule has 2 aromatic rings. The summed E-state index contributed by atoms with van der Waals surface area (Å²) in [7, 11) is 0. The minimum atomic E-state index is -0.160. The number of rotatable bonds is 10. The summed E-state index contributed by atoms with van der Waals surface area (Å²) < 4.78 is 17.0. The molecule has 0 radical (unpaired) electrons. The van der Waals surface area contributed by atoms with Crippen molar-refractivity contribution in [3.8, 4) is 17.2 Å². The zero-order chi connectivity index (χ0) is 19.6. The molecule has 0 bridgehead atoms. The van der Waals surface area contributed by atoms with Crippen LogP contribution >= 0.6 is 0 Å². The molecular weight excluding hydrogens is 340 g/mol. The molecule has 0 saturated carbocycles. The highest BCUT2D eigenvalue weighted by Crippen LogP contribution is 2.30. The first-order valence-electron chi connectivity index (χ1n) is 9.51. The average Bonchev–Trinajstić information content (AvgIpc) is 2.68. The van der Waals surface area contributed by atoms with Crippen LogP contribution in [0.15, 0.2) is 42.5 Å². The SMILES string of the molecule is CCOc1ccc(CC)cc1C=CC(=O)c1c(OCC)cccc1OCC. The van der Waals surface area contributed by atoms with Gasteiger partial charge in [-0.05, 0) is 69.2 Å². The van der Waals surface area contributed by atoms with Crippen molar-refractivity contribution in [3.05, 3.63) is 59.2 Å². The van der Waals surface area contributed by atoms with Crippen LogP contribution in [-0.2, 0) is 6.42 Å². The second-order valence-electron chi connectivity index (χ2n) is 5.85. The van der Waals surface area contributed by atoms with Crippen LogP contribution in [0.1, 0.15) is 49.2 Å². The van der Waals surface area contributed by atoms with E-state index in [9.17, 15) is 4.79 Å². The van der Waals surface area contributed by atoms with Gasteiger partial charge in [0, 0.05) is 5.56 Å². The second-order valence-corrected chi connectivity index (χ2v) is 5.85. The molecule has 0 heterocycles. The van der Waals surface area contributed by atoms with Gasteiger partial charge in [0.15, 0.2) is 5.78 Å². The number of ketones is 1. The van der Waals surface area contributed by atoms with Crippen molar-refractivity contribution in [1.29, 1.82) is 0 Å². The Morgan fingerprint density at radius 3 is 2.00 bits per heavy atom. The van der Waals surface area contributed by atoms with Crippen LogP contribution in [0.25, 0.3) is 6.08 Å². The van der Waals surface area contributed by atoms with Gasteiger partial charge in [0.1, 0.15) is 22.8 Å². The van der Waals surface area contributed by atoms with E-state index in [4.69, 9.17) is 14.2 Å². The lowest BCUT2D eigenvalue weighted by atomic mass is 10.0. The Balaban J connectivity index is 2.39. The lowest BCUT2D eigenvalue weighted by Gasteiger charge is -2.13. The summed E-state index contributed by atoms with van der Waals surface area (Å²) in [6, 6.07) is 11.4. The number of benzene rings is 2. The van der Waals surface area contributed by atoms with Gasteiger partial charge in [-0.3, -0.25) is 4.79 Å². The molecular formula is C23H28O4. The molecule has 0 aliphatic heterocycles. The van der Waals surface area contributed by atoms with Crippen molar-refractivity contribution in [2.45, 2.75) is 34.1 Å². The lowest BCUT2D eigenvalue weighted by molar-refractivity contribution is 0.104. The standard InChI is InChI=1S/C23H28O4/c1-5-17-12-15-20(25-6-2)18(16-17)13-14-19(24)23-21(26-7-3)10-9-11-22(23)27-8-4/h9-16H,5-8H2,1-4H3. The summed E-state index contributed by atoms with van der Waals surface area (Å²) >= 11 is 0. The van der Waals surface area contributed by atoms with Crippen LogP contribution in [0.2, 0.25) is 0 Å². The van der Waals surface area contributed by atoms with Gasteiger partial charge < -0.3 is 14.2 Å². The molecule has 144 valence electrons. The molecule has 0 amide bonds. The van der Waals surface area contributed by atoms with Crippen molar-refractivity contribution < 1.29 is 19.0 Å². The molecule has 0 spiro atoms. The van der Waals surface area contributed by atoms with E-state index in [0.29, 0.717) is 36.9 Å². The first kappa shape index (κ1) is 20.6. The van der Waals surface area contributed by atoms with Gasteiger partial charge in [-0.2, -0.15) is 0 Å². The van der Waals surface area contributed by atoms with Gasteiger partial charge in [0.05, 0.1) is 19.8 Å². The van der Waals surface area contributed by atoms with E-state index in [-0.39, 0.29) is 5.78 Å². The van der Waals surface area contributed by atoms with Crippen LogP contribution in [0.3, 0.4) is 0 Å². The first-order chi connectivity index (χ1) is 13.1. The van der Waals surface area contributed by atoms with Crippen molar-refractivity contribution in [2.24, 2.45) is 0 Å². The average molecular weight is 368 g/mol. The zero-order valence-corrected chi connectivity index (χ0v) is 16.6. The molecule has 0 aromatic heterocycles. The second kappa shape index (κ2) is 10.4. The third-order valence-corrected chi connectivity index (χ3v) is 4.03. The highest BCUT2D eigenvalue weighted by atomic mass is 16.5. The molecule has 4 heteroatoms. The van der Waals surface area contributed by atoms with Gasteiger partial charge in [-0.1, -0.05) is 19.1 Å². The zero-order valence-electron chi connectivity index (χ0n) is 16.6. The van der Waals surface area contributed by atoms with Crippen molar-refractivity contribution in [3.63, 3.8) is 0 Å². The number of allylic oxidation sites excluding steroid dienone is 1. The third kappa shape index (κ3) is 5.36. The van der Waals surface area contributed by atoms with E-state index in [1.165, 1.54) is 5.56 Å². The molecule has 4 nitrogen and oxygen atoms in total. The summed E-state index contributed by atoms with van der Waals surface area (Å²) in [5, 5.41) is 0. The van der Waals surface area contributed by atoms with Crippen LogP contribution < -0.4 is 14.2 Å². The summed E-state index contributed by atoms with van der Waals surface area (Å²) in [6.07, 6.45) is 4.27. The Morgan fingerprint density at radius 1 is 0.852 bits per heavy atom. The van der Waals surface area contributed by atoms with Gasteiger partial charge >= 0.3 is 0 Å². The van der Waals surface area contributed by atoms with Crippen LogP contribution in [0.5, 0.6) is 17.2 Å². The lowest BCUT2D eigenvalue weighted by Crippen LogP contribution is -2.06. The predicted molar refractivity (Wildman–Crippen MR) is 109 cm³/mol. The van der Waals surface area contributed by atoms with Crippen LogP contribution in [0, 0.1) is 0 Å². The molecule has 0 saturated heterocycles. The minimum Gasteiger partial charge on any atom is -0.493 e. The van der Waals surface area contributed by atoms with Gasteiger partial charge in [-0.25, -0.2) is 0 Å². The summed E-state index contributed by atoms with van der Waals surface area (Å²) in [4.78, 5) is 12.9. The maximum Gasteiger partial charge on any atom is 0.193 e. The van der Waals surface area contributed by atoms with Crippen molar-refractivity contribution in [1.82, 2.24) is 0 Å². The highest BCUT2D eigenvalue weighted by molar-refractivity contribution is 6.10. The third-order valence-electron chi connectivity index (χ3n) is 4.03. The fourth-order valence-electron chi connectivity index (χ4n) is 2.79. The van der Waals surface area contributed by atoms with Gasteiger partial charge in [0.25, 0.3) is 0 Å². The maximum absolute atomic E-state index is 12.9. The molecule has 0 unspecified atom stereocenters. The number of hydrogen-bond acceptors (Lipinski definition) is 4. The fourth-order valence-corrected chi connectivity index (χ4v) is 2.79. The van der Waals surface area contributed by atoms with Gasteiger partial charge in [-0.15, -0.1) is 0 Å². The van der Waals surface area contributed by atoms with E-state index >= 15 is 0 Å². The number of aryl methyl sites for hydroxylation is 1. The van der Waals surface area contributed by atoms with E-state index < -0.39 is 0 Å². The molecule has 27 heavy (non-hydrogen) atoms. The molecule has 0 fully saturated rings. The van der Waals surface area contributed by atoms with E-state index in [1.54, 1.807) is 24.3 Å². The topological polar surface area (TPSA) is 44.8 Å². The van der Waals surface area contributed by atoms with E-state index in [2.05, 4.69) is 6.92 Å². The minimum absolute atomic E-state index is 0.160. The van der Waals surface area contributed by atoms with Crippen molar-refractivity contribution >= 4 is 11.9 Å². The molecule has 0 N–H and O–H groups in total. The van der Waals surface area contributed by atoms with Gasteiger partial charge in [0.2, 0.25) is 0 Å². The Kier molecular flexibility index (Phi) is 7.93. The largest absolute Gasteiger partial charge is 0.493 e. The number of carbonyl (C=O) groups is 1. The normalized spacial score (nSPS) is 10.8. The smallest absolute Gasteiger partial charge is 0.193 e. The Hall–Kier alpha value is -2.75. The number of ether oxygens (including phenoxy) is 3. The Labute approximate surface area is 161 Å². The Bertz CT molecular complexity index is 769. The molecule has 0 aliphatic rings. The maximum atomic E-state index is 12.9. The molecule has 0 atom stereocenters. The number of carbonyl (C=O) groups excluding carboxylic acids is 1. The molecule has 2 rings (SSSR count). The molecule has 2 aromatic carbocycles. The van der Waals surface area contributed by atoms with E-state index in [1.807, 2.05) is 45.0 Å². The summed E-state index contributed by atoms with van der Waals surface area (Å²) in [6.45, 7) is 9.35.